The van der Waals surface area contributed by atoms with Crippen LogP contribution in [-0.2, 0) is 9.53 Å². The Morgan fingerprint density at radius 3 is 3.07 bits per heavy atom. The fourth-order valence-electron chi connectivity index (χ4n) is 2.62. The molecular weight excluding hydrogens is 188 g/mol. The molecule has 0 aliphatic heterocycles. The maximum absolute atomic E-state index is 11.4. The number of carbonyl (C=O) groups is 1. The molecule has 2 atom stereocenters. The zero-order valence-electron chi connectivity index (χ0n) is 9.45. The van der Waals surface area contributed by atoms with E-state index in [0.29, 0.717) is 0 Å². The molecule has 0 amide bonds. The highest BCUT2D eigenvalue weighted by Gasteiger charge is 2.38. The fraction of sp³-hybridized carbons (Fsp3) is 0.615. The second kappa shape index (κ2) is 3.93. The van der Waals surface area contributed by atoms with E-state index >= 15 is 0 Å². The van der Waals surface area contributed by atoms with E-state index < -0.39 is 0 Å². The molecule has 0 radical (unpaired) electrons. The molecule has 0 heterocycles. The summed E-state index contributed by atoms with van der Waals surface area (Å²) in [5.41, 5.74) is 0.912. The van der Waals surface area contributed by atoms with Gasteiger partial charge in [-0.1, -0.05) is 13.3 Å². The number of carbonyl (C=O) groups excluding carboxylic acids is 1. The molecule has 1 saturated carbocycles. The van der Waals surface area contributed by atoms with Gasteiger partial charge in [0.05, 0.1) is 0 Å². The monoisotopic (exact) mass is 206 g/mol. The lowest BCUT2D eigenvalue weighted by Gasteiger charge is -2.40. The third kappa shape index (κ3) is 1.78. The highest BCUT2D eigenvalue weighted by atomic mass is 16.5. The van der Waals surface area contributed by atoms with Gasteiger partial charge in [0.25, 0.3) is 0 Å². The van der Waals surface area contributed by atoms with Gasteiger partial charge in [0.15, 0.2) is 5.78 Å². The van der Waals surface area contributed by atoms with Gasteiger partial charge < -0.3 is 4.74 Å². The number of ketones is 1. The topological polar surface area (TPSA) is 26.3 Å². The van der Waals surface area contributed by atoms with E-state index in [1.807, 2.05) is 6.08 Å². The van der Waals surface area contributed by atoms with E-state index in [1.165, 1.54) is 18.4 Å². The van der Waals surface area contributed by atoms with Crippen LogP contribution >= 0.6 is 0 Å². The first kappa shape index (κ1) is 10.6. The van der Waals surface area contributed by atoms with Crippen LogP contribution in [-0.4, -0.2) is 18.5 Å². The normalized spacial score (nSPS) is 34.9. The highest BCUT2D eigenvalue weighted by molar-refractivity contribution is 6.01. The lowest BCUT2D eigenvalue weighted by molar-refractivity contribution is -0.111. The Kier molecular flexibility index (Phi) is 2.79. The number of hydrogen-bond acceptors (Lipinski definition) is 2. The molecule has 2 unspecified atom stereocenters. The first-order valence-electron chi connectivity index (χ1n) is 5.69. The molecule has 2 aliphatic rings. The van der Waals surface area contributed by atoms with Crippen LogP contribution in [0.3, 0.4) is 0 Å². The van der Waals surface area contributed by atoms with Crippen LogP contribution in [0, 0.1) is 5.92 Å². The Bertz CT molecular complexity index is 327. The zero-order chi connectivity index (χ0) is 10.9. The molecule has 0 bridgehead atoms. The Morgan fingerprint density at radius 2 is 2.40 bits per heavy atom. The standard InChI is InChI=1S/C13H18O2/c1-3-10-4-6-13(15-2)7-5-12(14)9-11(13)8-10/h5,7,9-10H,3-4,6,8H2,1-2H3. The molecule has 82 valence electrons. The number of ether oxygens (including phenoxy) is 1. The van der Waals surface area contributed by atoms with Gasteiger partial charge in [-0.3, -0.25) is 4.79 Å². The Labute approximate surface area is 91.0 Å². The van der Waals surface area contributed by atoms with Crippen LogP contribution in [0.2, 0.25) is 0 Å². The summed E-state index contributed by atoms with van der Waals surface area (Å²) >= 11 is 0. The summed E-state index contributed by atoms with van der Waals surface area (Å²) in [5, 5.41) is 0. The van der Waals surface area contributed by atoms with Crippen LogP contribution in [0.5, 0.6) is 0 Å². The first-order valence-corrected chi connectivity index (χ1v) is 5.69. The number of methoxy groups -OCH3 is 1. The Balaban J connectivity index is 2.27. The maximum atomic E-state index is 11.4. The van der Waals surface area contributed by atoms with Crippen molar-refractivity contribution in [2.75, 3.05) is 7.11 Å². The van der Waals surface area contributed by atoms with Crippen molar-refractivity contribution in [1.29, 1.82) is 0 Å². The van der Waals surface area contributed by atoms with E-state index in [1.54, 1.807) is 19.3 Å². The maximum Gasteiger partial charge on any atom is 0.178 e. The molecule has 0 saturated heterocycles. The summed E-state index contributed by atoms with van der Waals surface area (Å²) < 4.78 is 5.62. The van der Waals surface area contributed by atoms with Crippen molar-refractivity contribution in [2.24, 2.45) is 5.92 Å². The van der Waals surface area contributed by atoms with E-state index in [9.17, 15) is 4.79 Å². The number of hydrogen-bond donors (Lipinski definition) is 0. The minimum atomic E-state index is -0.264. The largest absolute Gasteiger partial charge is 0.370 e. The van der Waals surface area contributed by atoms with Gasteiger partial charge in [-0.15, -0.1) is 0 Å². The third-order valence-corrected chi connectivity index (χ3v) is 3.75. The summed E-state index contributed by atoms with van der Waals surface area (Å²) in [4.78, 5) is 11.4. The summed E-state index contributed by atoms with van der Waals surface area (Å²) in [6.45, 7) is 2.21. The zero-order valence-corrected chi connectivity index (χ0v) is 9.45. The highest BCUT2D eigenvalue weighted by Crippen LogP contribution is 2.42. The third-order valence-electron chi connectivity index (χ3n) is 3.75. The lowest BCUT2D eigenvalue weighted by atomic mass is 9.72. The van der Waals surface area contributed by atoms with Crippen molar-refractivity contribution in [1.82, 2.24) is 0 Å². The molecule has 0 N–H and O–H groups in total. The number of rotatable bonds is 2. The second-order valence-corrected chi connectivity index (χ2v) is 4.52. The van der Waals surface area contributed by atoms with Crippen LogP contribution in [0.4, 0.5) is 0 Å². The molecule has 2 nitrogen and oxygen atoms in total. The second-order valence-electron chi connectivity index (χ2n) is 4.52. The molecule has 0 aromatic carbocycles. The fourth-order valence-corrected chi connectivity index (χ4v) is 2.62. The molecule has 15 heavy (non-hydrogen) atoms. The van der Waals surface area contributed by atoms with Gasteiger partial charge in [0, 0.05) is 7.11 Å². The summed E-state index contributed by atoms with van der Waals surface area (Å²) in [6.07, 6.45) is 9.76. The summed E-state index contributed by atoms with van der Waals surface area (Å²) in [6, 6.07) is 0. The lowest BCUT2D eigenvalue weighted by Crippen LogP contribution is -2.38. The predicted molar refractivity (Wildman–Crippen MR) is 59.6 cm³/mol. The molecule has 0 aromatic rings. The minimum absolute atomic E-state index is 0.106. The van der Waals surface area contributed by atoms with Crippen LogP contribution in [0.25, 0.3) is 0 Å². The number of allylic oxidation sites excluding steroid dienone is 2. The first-order chi connectivity index (χ1) is 7.20. The van der Waals surface area contributed by atoms with E-state index in [-0.39, 0.29) is 11.4 Å². The van der Waals surface area contributed by atoms with Gasteiger partial charge in [-0.05, 0) is 49.0 Å². The smallest absolute Gasteiger partial charge is 0.178 e. The molecule has 2 rings (SSSR count). The van der Waals surface area contributed by atoms with Crippen molar-refractivity contribution >= 4 is 5.78 Å². The van der Waals surface area contributed by atoms with Gasteiger partial charge in [0.2, 0.25) is 0 Å². The van der Waals surface area contributed by atoms with Gasteiger partial charge >= 0.3 is 0 Å². The Hall–Kier alpha value is -0.890. The summed E-state index contributed by atoms with van der Waals surface area (Å²) in [5.74, 6) is 0.827. The average molecular weight is 206 g/mol. The van der Waals surface area contributed by atoms with Gasteiger partial charge in [-0.25, -0.2) is 0 Å². The molecule has 2 heteroatoms. The van der Waals surface area contributed by atoms with Crippen molar-refractivity contribution in [3.05, 3.63) is 23.8 Å². The number of fused-ring (bicyclic) bond motifs is 1. The quantitative estimate of drug-likeness (QED) is 0.694. The molecule has 0 spiro atoms. The van der Waals surface area contributed by atoms with Crippen molar-refractivity contribution in [2.45, 2.75) is 38.2 Å². The van der Waals surface area contributed by atoms with Gasteiger partial charge in [-0.2, -0.15) is 0 Å². The van der Waals surface area contributed by atoms with Crippen molar-refractivity contribution in [3.8, 4) is 0 Å². The molecular formula is C13H18O2. The summed E-state index contributed by atoms with van der Waals surface area (Å²) in [7, 11) is 1.74. The van der Waals surface area contributed by atoms with E-state index in [4.69, 9.17) is 4.74 Å². The SMILES string of the molecule is CCC1CCC2(OC)C=CC(=O)C=C2C1. The Morgan fingerprint density at radius 1 is 1.60 bits per heavy atom. The van der Waals surface area contributed by atoms with Crippen LogP contribution < -0.4 is 0 Å². The van der Waals surface area contributed by atoms with Gasteiger partial charge in [0.1, 0.15) is 5.60 Å². The van der Waals surface area contributed by atoms with E-state index in [2.05, 4.69) is 6.92 Å². The van der Waals surface area contributed by atoms with Crippen LogP contribution in [0.1, 0.15) is 32.6 Å². The molecule has 2 aliphatic carbocycles. The van der Waals surface area contributed by atoms with E-state index in [0.717, 1.165) is 18.8 Å². The average Bonchev–Trinajstić information content (AvgIpc) is 2.28. The molecule has 1 fully saturated rings. The predicted octanol–water partition coefficient (Wildman–Crippen LogP) is 2.65. The minimum Gasteiger partial charge on any atom is -0.370 e. The van der Waals surface area contributed by atoms with Crippen molar-refractivity contribution < 1.29 is 9.53 Å². The van der Waals surface area contributed by atoms with Crippen molar-refractivity contribution in [3.63, 3.8) is 0 Å². The molecule has 0 aromatic heterocycles. The van der Waals surface area contributed by atoms with Crippen LogP contribution in [0.15, 0.2) is 23.8 Å².